The van der Waals surface area contributed by atoms with Crippen LogP contribution >= 0.6 is 11.5 Å². The molecule has 0 spiro atoms. The average Bonchev–Trinajstić information content (AvgIpc) is 2.92. The van der Waals surface area contributed by atoms with Crippen LogP contribution in [0.2, 0.25) is 0 Å². The van der Waals surface area contributed by atoms with Gasteiger partial charge in [0.05, 0.1) is 11.9 Å². The lowest BCUT2D eigenvalue weighted by Crippen LogP contribution is -2.11. The van der Waals surface area contributed by atoms with E-state index in [1.807, 2.05) is 19.1 Å². The summed E-state index contributed by atoms with van der Waals surface area (Å²) in [6.07, 6.45) is 1.41. The highest BCUT2D eigenvalue weighted by atomic mass is 32.1. The summed E-state index contributed by atoms with van der Waals surface area (Å²) in [7, 11) is 0. The van der Waals surface area contributed by atoms with Crippen molar-refractivity contribution in [2.24, 2.45) is 0 Å². The van der Waals surface area contributed by atoms with Crippen LogP contribution in [0.3, 0.4) is 0 Å². The molecule has 0 saturated carbocycles. The Morgan fingerprint density at radius 2 is 2.37 bits per heavy atom. The predicted octanol–water partition coefficient (Wildman–Crippen LogP) is 1.44. The van der Waals surface area contributed by atoms with Crippen LogP contribution in [0, 0.1) is 18.8 Å². The molecule has 19 heavy (non-hydrogen) atoms. The average molecular weight is 273 g/mol. The summed E-state index contributed by atoms with van der Waals surface area (Å²) in [5.74, 6) is 5.09. The summed E-state index contributed by atoms with van der Waals surface area (Å²) in [4.78, 5) is 12.4. The Morgan fingerprint density at radius 1 is 1.53 bits per heavy atom. The van der Waals surface area contributed by atoms with Crippen molar-refractivity contribution in [1.29, 1.82) is 0 Å². The SMILES string of the molecule is Cc1ccc(C#CCO)c(NC(=O)c2cnns2)c1. The minimum Gasteiger partial charge on any atom is -0.384 e. The molecule has 2 rings (SSSR count). The lowest BCUT2D eigenvalue weighted by molar-refractivity contribution is 0.103. The normalized spacial score (nSPS) is 9.58. The Balaban J connectivity index is 2.28. The first-order valence-corrected chi connectivity index (χ1v) is 6.27. The highest BCUT2D eigenvalue weighted by Crippen LogP contribution is 2.18. The standard InChI is InChI=1S/C13H11N3O2S/c1-9-4-5-10(3-2-6-17)11(7-9)15-13(18)12-8-14-16-19-12/h4-5,7-8,17H,6H2,1H3,(H,15,18). The van der Waals surface area contributed by atoms with Gasteiger partial charge >= 0.3 is 0 Å². The number of nitrogens with one attached hydrogen (secondary N) is 1. The molecule has 0 atom stereocenters. The fourth-order valence-electron chi connectivity index (χ4n) is 1.46. The van der Waals surface area contributed by atoms with Gasteiger partial charge in [0, 0.05) is 5.56 Å². The van der Waals surface area contributed by atoms with Crippen molar-refractivity contribution in [2.45, 2.75) is 6.92 Å². The summed E-state index contributed by atoms with van der Waals surface area (Å²) < 4.78 is 3.64. The highest BCUT2D eigenvalue weighted by molar-refractivity contribution is 7.07. The largest absolute Gasteiger partial charge is 0.384 e. The molecule has 0 radical (unpaired) electrons. The van der Waals surface area contributed by atoms with E-state index in [4.69, 9.17) is 5.11 Å². The molecule has 0 bridgehead atoms. The van der Waals surface area contributed by atoms with Gasteiger partial charge in [-0.1, -0.05) is 22.4 Å². The first-order valence-electron chi connectivity index (χ1n) is 5.50. The molecule has 96 valence electrons. The second-order valence-corrected chi connectivity index (χ2v) is 4.53. The van der Waals surface area contributed by atoms with Crippen LogP contribution in [0.4, 0.5) is 5.69 Å². The van der Waals surface area contributed by atoms with Gasteiger partial charge in [-0.15, -0.1) is 5.10 Å². The molecule has 1 heterocycles. The fraction of sp³-hybridized carbons (Fsp3) is 0.154. The molecule has 1 aromatic carbocycles. The number of aliphatic hydroxyl groups excluding tert-OH is 1. The minimum atomic E-state index is -0.271. The molecule has 0 unspecified atom stereocenters. The van der Waals surface area contributed by atoms with Crippen LogP contribution in [-0.2, 0) is 0 Å². The minimum absolute atomic E-state index is 0.222. The van der Waals surface area contributed by atoms with E-state index in [0.29, 0.717) is 16.1 Å². The van der Waals surface area contributed by atoms with Gasteiger partial charge in [0.25, 0.3) is 5.91 Å². The topological polar surface area (TPSA) is 75.1 Å². The summed E-state index contributed by atoms with van der Waals surface area (Å²) in [5.41, 5.74) is 2.28. The van der Waals surface area contributed by atoms with E-state index >= 15 is 0 Å². The Labute approximate surface area is 114 Å². The Bertz CT molecular complexity index is 642. The van der Waals surface area contributed by atoms with E-state index in [1.165, 1.54) is 6.20 Å². The van der Waals surface area contributed by atoms with Crippen molar-refractivity contribution < 1.29 is 9.90 Å². The van der Waals surface area contributed by atoms with Crippen LogP contribution in [0.1, 0.15) is 20.8 Å². The summed E-state index contributed by atoms with van der Waals surface area (Å²) >= 11 is 1.03. The van der Waals surface area contributed by atoms with Gasteiger partial charge in [0.2, 0.25) is 0 Å². The molecule has 0 saturated heterocycles. The number of aromatic nitrogens is 2. The number of rotatable bonds is 2. The van der Waals surface area contributed by atoms with Gasteiger partial charge in [0.1, 0.15) is 11.5 Å². The van der Waals surface area contributed by atoms with Gasteiger partial charge in [-0.3, -0.25) is 4.79 Å². The molecular weight excluding hydrogens is 262 g/mol. The van der Waals surface area contributed by atoms with Gasteiger partial charge in [-0.2, -0.15) is 0 Å². The molecule has 0 aliphatic rings. The van der Waals surface area contributed by atoms with Crippen molar-refractivity contribution in [3.05, 3.63) is 40.4 Å². The number of carbonyl (C=O) groups is 1. The zero-order valence-corrected chi connectivity index (χ0v) is 11.0. The monoisotopic (exact) mass is 273 g/mol. The number of hydrogen-bond acceptors (Lipinski definition) is 5. The van der Waals surface area contributed by atoms with E-state index in [1.54, 1.807) is 6.07 Å². The fourth-order valence-corrected chi connectivity index (χ4v) is 1.87. The molecule has 0 fully saturated rings. The van der Waals surface area contributed by atoms with E-state index in [0.717, 1.165) is 17.1 Å². The lowest BCUT2D eigenvalue weighted by atomic mass is 10.1. The van der Waals surface area contributed by atoms with E-state index in [-0.39, 0.29) is 12.5 Å². The Morgan fingerprint density at radius 3 is 3.05 bits per heavy atom. The van der Waals surface area contributed by atoms with Gasteiger partial charge in [-0.25, -0.2) is 0 Å². The molecular formula is C13H11N3O2S. The van der Waals surface area contributed by atoms with Crippen LogP contribution in [0.5, 0.6) is 0 Å². The van der Waals surface area contributed by atoms with Crippen molar-refractivity contribution in [3.63, 3.8) is 0 Å². The van der Waals surface area contributed by atoms with Crippen LogP contribution in [0.15, 0.2) is 24.4 Å². The molecule has 2 N–H and O–H groups in total. The molecule has 6 heteroatoms. The van der Waals surface area contributed by atoms with E-state index in [9.17, 15) is 4.79 Å². The summed E-state index contributed by atoms with van der Waals surface area (Å²) in [6, 6.07) is 5.53. The summed E-state index contributed by atoms with van der Waals surface area (Å²) in [6.45, 7) is 1.70. The van der Waals surface area contributed by atoms with Crippen LogP contribution < -0.4 is 5.32 Å². The zero-order valence-electron chi connectivity index (χ0n) is 10.2. The lowest BCUT2D eigenvalue weighted by Gasteiger charge is -2.07. The number of anilines is 1. The van der Waals surface area contributed by atoms with Gasteiger partial charge in [-0.05, 0) is 36.2 Å². The Kier molecular flexibility index (Phi) is 4.23. The number of amides is 1. The maximum Gasteiger partial charge on any atom is 0.269 e. The van der Waals surface area contributed by atoms with Gasteiger partial charge in [0.15, 0.2) is 0 Å². The third kappa shape index (κ3) is 3.37. The summed E-state index contributed by atoms with van der Waals surface area (Å²) in [5, 5.41) is 15.1. The molecule has 0 aliphatic carbocycles. The molecule has 2 aromatic rings. The number of aliphatic hydroxyl groups is 1. The highest BCUT2D eigenvalue weighted by Gasteiger charge is 2.10. The van der Waals surface area contributed by atoms with E-state index in [2.05, 4.69) is 26.7 Å². The molecule has 5 nitrogen and oxygen atoms in total. The first kappa shape index (κ1) is 13.2. The smallest absolute Gasteiger partial charge is 0.269 e. The van der Waals surface area contributed by atoms with Gasteiger partial charge < -0.3 is 10.4 Å². The number of carbonyl (C=O) groups excluding carboxylic acids is 1. The number of benzene rings is 1. The number of hydrogen-bond donors (Lipinski definition) is 2. The molecule has 0 aliphatic heterocycles. The molecule has 1 aromatic heterocycles. The Hall–Kier alpha value is -2.23. The van der Waals surface area contributed by atoms with Crippen molar-refractivity contribution in [3.8, 4) is 11.8 Å². The van der Waals surface area contributed by atoms with Crippen LogP contribution in [0.25, 0.3) is 0 Å². The van der Waals surface area contributed by atoms with Crippen molar-refractivity contribution >= 4 is 23.1 Å². The molecule has 1 amide bonds. The number of aryl methyl sites for hydroxylation is 1. The second-order valence-electron chi connectivity index (χ2n) is 3.74. The van der Waals surface area contributed by atoms with Crippen molar-refractivity contribution in [2.75, 3.05) is 11.9 Å². The van der Waals surface area contributed by atoms with Crippen LogP contribution in [-0.4, -0.2) is 27.2 Å². The second kappa shape index (κ2) is 6.09. The first-order chi connectivity index (χ1) is 9.20. The van der Waals surface area contributed by atoms with Crippen molar-refractivity contribution in [1.82, 2.24) is 9.59 Å². The quantitative estimate of drug-likeness (QED) is 0.812. The number of nitrogens with zero attached hydrogens (tertiary/aromatic N) is 2. The third-order valence-corrected chi connectivity index (χ3v) is 2.97. The predicted molar refractivity (Wildman–Crippen MR) is 73.0 cm³/mol. The maximum absolute atomic E-state index is 11.9. The zero-order chi connectivity index (χ0) is 13.7. The van der Waals surface area contributed by atoms with E-state index < -0.39 is 0 Å². The maximum atomic E-state index is 11.9. The third-order valence-electron chi connectivity index (χ3n) is 2.31.